The van der Waals surface area contributed by atoms with E-state index in [1.807, 2.05) is 0 Å². The number of hydrogen-bond acceptors (Lipinski definition) is 5. The number of carbonyl (C=O) groups is 2. The minimum absolute atomic E-state index is 0.132. The Kier molecular flexibility index (Phi) is 5.48. The molecule has 0 fully saturated rings. The van der Waals surface area contributed by atoms with Gasteiger partial charge in [-0.1, -0.05) is 30.3 Å². The number of Topliss-reactive ketones (excluding diaryl/α,β-unsaturated/α-hetero) is 1. The van der Waals surface area contributed by atoms with Gasteiger partial charge in [-0.05, 0) is 17.7 Å². The van der Waals surface area contributed by atoms with Crippen LogP contribution in [0.2, 0.25) is 0 Å². The molecule has 0 saturated heterocycles. The standard InChI is InChI=1S/C15H12O2S4/c16-13(10-5-6-11(18)12(19)7-10)14(20)8-1-3-9(4-2-8)15(17)21/h1-7,14,18-20H,(H,17,21). The first-order chi connectivity index (χ1) is 9.90. The van der Waals surface area contributed by atoms with Gasteiger partial charge < -0.3 is 0 Å². The van der Waals surface area contributed by atoms with Crippen LogP contribution in [0.3, 0.4) is 0 Å². The van der Waals surface area contributed by atoms with Gasteiger partial charge in [-0.15, -0.1) is 37.9 Å². The lowest BCUT2D eigenvalue weighted by Crippen LogP contribution is -2.08. The van der Waals surface area contributed by atoms with E-state index in [1.165, 1.54) is 0 Å². The van der Waals surface area contributed by atoms with E-state index >= 15 is 0 Å². The van der Waals surface area contributed by atoms with Gasteiger partial charge in [0.25, 0.3) is 0 Å². The first-order valence-corrected chi connectivity index (χ1v) is 7.83. The van der Waals surface area contributed by atoms with E-state index < -0.39 is 5.25 Å². The molecule has 0 bridgehead atoms. The highest BCUT2D eigenvalue weighted by molar-refractivity contribution is 7.97. The van der Waals surface area contributed by atoms with E-state index in [9.17, 15) is 9.59 Å². The highest BCUT2D eigenvalue weighted by Gasteiger charge is 2.19. The number of rotatable bonds is 4. The molecule has 2 aromatic carbocycles. The Morgan fingerprint density at radius 2 is 1.43 bits per heavy atom. The van der Waals surface area contributed by atoms with E-state index in [-0.39, 0.29) is 10.9 Å². The van der Waals surface area contributed by atoms with Gasteiger partial charge in [0.15, 0.2) is 5.78 Å². The van der Waals surface area contributed by atoms with Gasteiger partial charge in [0.2, 0.25) is 5.12 Å². The Balaban J connectivity index is 2.25. The lowest BCUT2D eigenvalue weighted by atomic mass is 10.0. The molecule has 0 radical (unpaired) electrons. The Morgan fingerprint density at radius 1 is 0.857 bits per heavy atom. The predicted octanol–water partition coefficient (Wildman–Crippen LogP) is 4.19. The third-order valence-corrected chi connectivity index (χ3v) is 4.71. The smallest absolute Gasteiger partial charge is 0.216 e. The summed E-state index contributed by atoms with van der Waals surface area (Å²) in [6, 6.07) is 11.7. The van der Waals surface area contributed by atoms with Crippen molar-refractivity contribution in [2.45, 2.75) is 15.0 Å². The normalized spacial score (nSPS) is 12.0. The van der Waals surface area contributed by atoms with E-state index in [4.69, 9.17) is 0 Å². The second-order valence-electron chi connectivity index (χ2n) is 4.40. The summed E-state index contributed by atoms with van der Waals surface area (Å²) in [4.78, 5) is 24.9. The largest absolute Gasteiger partial charge is 0.293 e. The molecule has 0 aliphatic carbocycles. The average Bonchev–Trinajstić information content (AvgIpc) is 2.48. The summed E-state index contributed by atoms with van der Waals surface area (Å²) in [7, 11) is 0. The van der Waals surface area contributed by atoms with Gasteiger partial charge >= 0.3 is 0 Å². The van der Waals surface area contributed by atoms with Crippen molar-refractivity contribution in [1.82, 2.24) is 0 Å². The van der Waals surface area contributed by atoms with Crippen molar-refractivity contribution in [3.05, 3.63) is 59.2 Å². The van der Waals surface area contributed by atoms with Crippen LogP contribution in [0.4, 0.5) is 0 Å². The van der Waals surface area contributed by atoms with E-state index in [1.54, 1.807) is 42.5 Å². The van der Waals surface area contributed by atoms with Crippen molar-refractivity contribution in [3.63, 3.8) is 0 Å². The number of thiol groups is 4. The number of hydrogen-bond donors (Lipinski definition) is 4. The molecule has 2 rings (SSSR count). The van der Waals surface area contributed by atoms with Crippen LogP contribution >= 0.6 is 50.5 Å². The van der Waals surface area contributed by atoms with E-state index in [0.717, 1.165) is 5.56 Å². The minimum atomic E-state index is -0.604. The van der Waals surface area contributed by atoms with Crippen molar-refractivity contribution < 1.29 is 9.59 Å². The van der Waals surface area contributed by atoms with Gasteiger partial charge in [-0.3, -0.25) is 9.59 Å². The molecule has 2 aromatic rings. The fourth-order valence-corrected chi connectivity index (χ4v) is 2.62. The minimum Gasteiger partial charge on any atom is -0.293 e. The topological polar surface area (TPSA) is 34.1 Å². The Labute approximate surface area is 145 Å². The summed E-state index contributed by atoms with van der Waals surface area (Å²) in [5.41, 5.74) is 1.72. The van der Waals surface area contributed by atoms with Crippen LogP contribution < -0.4 is 0 Å². The third kappa shape index (κ3) is 3.88. The van der Waals surface area contributed by atoms with Gasteiger partial charge in [-0.25, -0.2) is 0 Å². The van der Waals surface area contributed by atoms with Crippen molar-refractivity contribution in [2.75, 3.05) is 0 Å². The highest BCUT2D eigenvalue weighted by Crippen LogP contribution is 2.27. The molecule has 21 heavy (non-hydrogen) atoms. The number of benzene rings is 2. The Morgan fingerprint density at radius 3 is 1.95 bits per heavy atom. The summed E-state index contributed by atoms with van der Waals surface area (Å²) in [6.45, 7) is 0. The molecule has 2 nitrogen and oxygen atoms in total. The molecule has 1 atom stereocenters. The van der Waals surface area contributed by atoms with Crippen LogP contribution in [0.5, 0.6) is 0 Å². The lowest BCUT2D eigenvalue weighted by molar-refractivity contribution is 0.0989. The Hall–Kier alpha value is -0.820. The van der Waals surface area contributed by atoms with Crippen LogP contribution in [0.25, 0.3) is 0 Å². The summed E-state index contributed by atoms with van der Waals surface area (Å²) >= 11 is 16.6. The highest BCUT2D eigenvalue weighted by atomic mass is 32.1. The second kappa shape index (κ2) is 6.96. The molecule has 0 N–H and O–H groups in total. The monoisotopic (exact) mass is 352 g/mol. The molecule has 6 heteroatoms. The van der Waals surface area contributed by atoms with Crippen LogP contribution in [0.15, 0.2) is 52.3 Å². The quantitative estimate of drug-likeness (QED) is 0.492. The zero-order valence-corrected chi connectivity index (χ0v) is 14.3. The average molecular weight is 353 g/mol. The number of ketones is 1. The fourth-order valence-electron chi connectivity index (χ4n) is 1.79. The van der Waals surface area contributed by atoms with Crippen molar-refractivity contribution in [2.24, 2.45) is 0 Å². The second-order valence-corrected chi connectivity index (χ2v) is 6.28. The molecule has 0 spiro atoms. The molecule has 0 aliphatic rings. The molecule has 1 unspecified atom stereocenters. The maximum absolute atomic E-state index is 12.4. The molecular weight excluding hydrogens is 340 g/mol. The molecule has 108 valence electrons. The molecule has 0 aliphatic heterocycles. The van der Waals surface area contributed by atoms with Gasteiger partial charge in [0.1, 0.15) is 0 Å². The fraction of sp³-hybridized carbons (Fsp3) is 0.0667. The first-order valence-electron chi connectivity index (χ1n) is 5.97. The van der Waals surface area contributed by atoms with Crippen molar-refractivity contribution in [1.29, 1.82) is 0 Å². The van der Waals surface area contributed by atoms with Crippen LogP contribution in [0.1, 0.15) is 31.5 Å². The van der Waals surface area contributed by atoms with Crippen LogP contribution in [0, 0.1) is 0 Å². The SMILES string of the molecule is O=C(S)c1ccc(C(S)C(=O)c2ccc(S)c(S)c2)cc1. The van der Waals surface area contributed by atoms with E-state index in [0.29, 0.717) is 20.9 Å². The summed E-state index contributed by atoms with van der Waals surface area (Å²) in [5.74, 6) is -0.132. The third-order valence-electron chi connectivity index (χ3n) is 2.98. The van der Waals surface area contributed by atoms with Gasteiger partial charge in [-0.2, -0.15) is 12.6 Å². The molecule has 0 saturated carbocycles. The zero-order chi connectivity index (χ0) is 15.6. The summed E-state index contributed by atoms with van der Waals surface area (Å²) in [5, 5.41) is -0.916. The van der Waals surface area contributed by atoms with Gasteiger partial charge in [0.05, 0.1) is 5.25 Å². The Bertz CT molecular complexity index is 695. The van der Waals surface area contributed by atoms with E-state index in [2.05, 4.69) is 50.5 Å². The predicted molar refractivity (Wildman–Crippen MR) is 96.8 cm³/mol. The lowest BCUT2D eigenvalue weighted by Gasteiger charge is -2.11. The van der Waals surface area contributed by atoms with Crippen LogP contribution in [-0.2, 0) is 0 Å². The van der Waals surface area contributed by atoms with Crippen molar-refractivity contribution in [3.8, 4) is 0 Å². The van der Waals surface area contributed by atoms with Crippen LogP contribution in [-0.4, -0.2) is 10.9 Å². The maximum atomic E-state index is 12.4. The molecular formula is C15H12O2S4. The maximum Gasteiger partial charge on any atom is 0.216 e. The molecule has 0 heterocycles. The van der Waals surface area contributed by atoms with Gasteiger partial charge in [0, 0.05) is 20.9 Å². The van der Waals surface area contributed by atoms with Crippen molar-refractivity contribution >= 4 is 61.4 Å². The summed E-state index contributed by atoms with van der Waals surface area (Å²) < 4.78 is 0. The molecule has 0 aromatic heterocycles. The summed E-state index contributed by atoms with van der Waals surface area (Å²) in [6.07, 6.45) is 0. The zero-order valence-electron chi connectivity index (χ0n) is 10.7. The molecule has 0 amide bonds. The number of carbonyl (C=O) groups excluding carboxylic acids is 2. The first kappa shape index (κ1) is 16.5.